The maximum absolute atomic E-state index is 12.7. The maximum atomic E-state index is 12.7. The lowest BCUT2D eigenvalue weighted by Gasteiger charge is -2.33. The summed E-state index contributed by atoms with van der Waals surface area (Å²) in [6.45, 7) is 6.40. The van der Waals surface area contributed by atoms with Crippen LogP contribution in [0.25, 0.3) is 5.69 Å². The van der Waals surface area contributed by atoms with E-state index in [4.69, 9.17) is 0 Å². The van der Waals surface area contributed by atoms with E-state index in [0.29, 0.717) is 5.56 Å². The van der Waals surface area contributed by atoms with Crippen molar-refractivity contribution >= 4 is 18.3 Å². The predicted octanol–water partition coefficient (Wildman–Crippen LogP) is 2.04. The van der Waals surface area contributed by atoms with Gasteiger partial charge < -0.3 is 10.2 Å². The maximum Gasteiger partial charge on any atom is 0.257 e. The molecule has 1 fully saturated rings. The lowest BCUT2D eigenvalue weighted by Crippen LogP contribution is -2.52. The van der Waals surface area contributed by atoms with Crippen LogP contribution in [-0.2, 0) is 0 Å². The summed E-state index contributed by atoms with van der Waals surface area (Å²) in [5, 5.41) is 7.78. The topological polar surface area (TPSA) is 50.2 Å². The average molecular weight is 321 g/mol. The quantitative estimate of drug-likeness (QED) is 0.921. The van der Waals surface area contributed by atoms with Crippen molar-refractivity contribution in [3.05, 3.63) is 47.8 Å². The normalized spacial score (nSPS) is 17.9. The van der Waals surface area contributed by atoms with Crippen molar-refractivity contribution in [1.29, 1.82) is 0 Å². The van der Waals surface area contributed by atoms with Crippen molar-refractivity contribution in [1.82, 2.24) is 20.0 Å². The largest absolute Gasteiger partial charge is 0.333 e. The minimum Gasteiger partial charge on any atom is -0.333 e. The van der Waals surface area contributed by atoms with Gasteiger partial charge >= 0.3 is 0 Å². The van der Waals surface area contributed by atoms with Gasteiger partial charge in [-0.3, -0.25) is 4.79 Å². The molecule has 0 aliphatic carbocycles. The summed E-state index contributed by atoms with van der Waals surface area (Å²) < 4.78 is 1.77. The zero-order chi connectivity index (χ0) is 14.8. The molecule has 22 heavy (non-hydrogen) atoms. The first-order chi connectivity index (χ1) is 10.2. The van der Waals surface area contributed by atoms with Crippen molar-refractivity contribution in [3.8, 4) is 5.69 Å². The number of aryl methyl sites for hydroxylation is 1. The number of amides is 1. The number of rotatable bonds is 2. The molecule has 1 amide bonds. The molecule has 1 N–H and O–H groups in total. The van der Waals surface area contributed by atoms with Gasteiger partial charge in [-0.1, -0.05) is 18.2 Å². The Bertz CT molecular complexity index is 641. The molecule has 3 rings (SSSR count). The molecule has 0 spiro atoms. The van der Waals surface area contributed by atoms with E-state index >= 15 is 0 Å². The molecule has 5 nitrogen and oxygen atoms in total. The molecule has 0 radical (unpaired) electrons. The lowest BCUT2D eigenvalue weighted by atomic mass is 10.1. The minimum atomic E-state index is 0. The van der Waals surface area contributed by atoms with Crippen molar-refractivity contribution in [2.24, 2.45) is 0 Å². The van der Waals surface area contributed by atoms with Gasteiger partial charge in [-0.2, -0.15) is 5.10 Å². The van der Waals surface area contributed by atoms with Crippen molar-refractivity contribution in [2.45, 2.75) is 19.9 Å². The van der Waals surface area contributed by atoms with E-state index < -0.39 is 0 Å². The number of carbonyl (C=O) groups excluding carboxylic acids is 1. The van der Waals surface area contributed by atoms with Crippen LogP contribution in [0.4, 0.5) is 0 Å². The highest BCUT2D eigenvalue weighted by Crippen LogP contribution is 2.16. The van der Waals surface area contributed by atoms with E-state index in [0.717, 1.165) is 31.0 Å². The van der Waals surface area contributed by atoms with Crippen LogP contribution in [0.5, 0.6) is 0 Å². The monoisotopic (exact) mass is 320 g/mol. The summed E-state index contributed by atoms with van der Waals surface area (Å²) >= 11 is 0. The fourth-order valence-electron chi connectivity index (χ4n) is 2.68. The number of nitrogens with one attached hydrogen (secondary N) is 1. The number of benzene rings is 1. The molecule has 1 aromatic carbocycles. The van der Waals surface area contributed by atoms with Crippen LogP contribution in [0.3, 0.4) is 0 Å². The van der Waals surface area contributed by atoms with E-state index in [2.05, 4.69) is 17.3 Å². The summed E-state index contributed by atoms with van der Waals surface area (Å²) in [5.74, 6) is 0.0729. The van der Waals surface area contributed by atoms with Gasteiger partial charge in [0.2, 0.25) is 0 Å². The average Bonchev–Trinajstić information content (AvgIpc) is 2.90. The van der Waals surface area contributed by atoms with Gasteiger partial charge in [0.15, 0.2) is 0 Å². The molecular formula is C16H21ClN4O. The smallest absolute Gasteiger partial charge is 0.257 e. The van der Waals surface area contributed by atoms with Crippen LogP contribution in [0.1, 0.15) is 23.0 Å². The summed E-state index contributed by atoms with van der Waals surface area (Å²) in [7, 11) is 0. The Labute approximate surface area is 136 Å². The Morgan fingerprint density at radius 3 is 2.73 bits per heavy atom. The van der Waals surface area contributed by atoms with E-state index in [9.17, 15) is 4.79 Å². The second-order valence-corrected chi connectivity index (χ2v) is 5.46. The Kier molecular flexibility index (Phi) is 5.21. The van der Waals surface area contributed by atoms with Crippen LogP contribution in [-0.4, -0.2) is 46.3 Å². The number of aromatic nitrogens is 2. The SMILES string of the molecule is Cc1nn(-c2ccccc2)cc1C(=O)N1CCNC[C@@H]1C.Cl. The van der Waals surface area contributed by atoms with Gasteiger partial charge in [0, 0.05) is 31.9 Å². The van der Waals surface area contributed by atoms with Gasteiger partial charge in [0.1, 0.15) is 0 Å². The first-order valence-corrected chi connectivity index (χ1v) is 7.30. The fourth-order valence-corrected chi connectivity index (χ4v) is 2.68. The molecule has 6 heteroatoms. The van der Waals surface area contributed by atoms with Gasteiger partial charge in [-0.05, 0) is 26.0 Å². The standard InChI is InChI=1S/C16H20N4O.ClH/c1-12-10-17-8-9-19(12)16(21)15-11-20(18-13(15)2)14-6-4-3-5-7-14;/h3-7,11-12,17H,8-10H2,1-2H3;1H/t12-;/m0./s1. The number of nitrogens with zero attached hydrogens (tertiary/aromatic N) is 3. The first kappa shape index (κ1) is 16.5. The predicted molar refractivity (Wildman–Crippen MR) is 88.9 cm³/mol. The molecule has 1 aliphatic rings. The molecule has 2 heterocycles. The fraction of sp³-hybridized carbons (Fsp3) is 0.375. The Morgan fingerprint density at radius 1 is 1.32 bits per heavy atom. The zero-order valence-electron chi connectivity index (χ0n) is 12.8. The van der Waals surface area contributed by atoms with Crippen LogP contribution in [0.15, 0.2) is 36.5 Å². The molecule has 1 saturated heterocycles. The number of halogens is 1. The highest BCUT2D eigenvalue weighted by Gasteiger charge is 2.26. The van der Waals surface area contributed by atoms with E-state index in [1.165, 1.54) is 0 Å². The third kappa shape index (κ3) is 3.15. The van der Waals surface area contributed by atoms with E-state index in [1.54, 1.807) is 4.68 Å². The molecule has 1 aromatic heterocycles. The van der Waals surface area contributed by atoms with Gasteiger partial charge in [-0.15, -0.1) is 12.4 Å². The van der Waals surface area contributed by atoms with Crippen LogP contribution in [0.2, 0.25) is 0 Å². The summed E-state index contributed by atoms with van der Waals surface area (Å²) in [6.07, 6.45) is 1.84. The van der Waals surface area contributed by atoms with Crippen LogP contribution < -0.4 is 5.32 Å². The van der Waals surface area contributed by atoms with Crippen molar-refractivity contribution < 1.29 is 4.79 Å². The van der Waals surface area contributed by atoms with Crippen LogP contribution >= 0.6 is 12.4 Å². The summed E-state index contributed by atoms with van der Waals surface area (Å²) in [4.78, 5) is 14.6. The Balaban J connectivity index is 0.00000176. The second-order valence-electron chi connectivity index (χ2n) is 5.46. The molecule has 0 saturated carbocycles. The Hall–Kier alpha value is -1.85. The molecule has 118 valence electrons. The van der Waals surface area contributed by atoms with E-state index in [-0.39, 0.29) is 24.4 Å². The number of carbonyl (C=O) groups is 1. The first-order valence-electron chi connectivity index (χ1n) is 7.30. The molecule has 0 unspecified atom stereocenters. The van der Waals surface area contributed by atoms with Crippen LogP contribution in [0, 0.1) is 6.92 Å². The number of piperazine rings is 1. The highest BCUT2D eigenvalue weighted by molar-refractivity contribution is 5.95. The lowest BCUT2D eigenvalue weighted by molar-refractivity contribution is 0.0655. The number of para-hydroxylation sites is 1. The summed E-state index contributed by atoms with van der Waals surface area (Å²) in [5.41, 5.74) is 2.43. The number of hydrogen-bond acceptors (Lipinski definition) is 3. The molecule has 1 aliphatic heterocycles. The van der Waals surface area contributed by atoms with Gasteiger partial charge in [-0.25, -0.2) is 4.68 Å². The van der Waals surface area contributed by atoms with Crippen molar-refractivity contribution in [2.75, 3.05) is 19.6 Å². The molecule has 2 aromatic rings. The van der Waals surface area contributed by atoms with Gasteiger partial charge in [0.25, 0.3) is 5.91 Å². The van der Waals surface area contributed by atoms with Crippen molar-refractivity contribution in [3.63, 3.8) is 0 Å². The minimum absolute atomic E-state index is 0. The third-order valence-corrected chi connectivity index (χ3v) is 3.91. The van der Waals surface area contributed by atoms with E-state index in [1.807, 2.05) is 48.4 Å². The molecule has 0 bridgehead atoms. The zero-order valence-corrected chi connectivity index (χ0v) is 13.6. The highest BCUT2D eigenvalue weighted by atomic mass is 35.5. The van der Waals surface area contributed by atoms with Gasteiger partial charge in [0.05, 0.1) is 16.9 Å². The molecular weight excluding hydrogens is 300 g/mol. The third-order valence-electron chi connectivity index (χ3n) is 3.91. The molecule has 1 atom stereocenters. The second kappa shape index (κ2) is 6.94. The Morgan fingerprint density at radius 2 is 2.05 bits per heavy atom. The summed E-state index contributed by atoms with van der Waals surface area (Å²) in [6, 6.07) is 10.1. The number of hydrogen-bond donors (Lipinski definition) is 1.